The number of anilines is 1. The number of tetrazole rings is 1. The van der Waals surface area contributed by atoms with E-state index in [0.717, 1.165) is 27.0 Å². The van der Waals surface area contributed by atoms with Crippen molar-refractivity contribution in [1.82, 2.24) is 20.2 Å². The predicted molar refractivity (Wildman–Crippen MR) is 90.7 cm³/mol. The first kappa shape index (κ1) is 17.2. The van der Waals surface area contributed by atoms with Gasteiger partial charge in [-0.25, -0.2) is 8.78 Å². The van der Waals surface area contributed by atoms with Crippen molar-refractivity contribution in [2.75, 3.05) is 5.32 Å². The van der Waals surface area contributed by atoms with Crippen LogP contribution >= 0.6 is 15.9 Å². The third-order valence-corrected chi connectivity index (χ3v) is 3.97. The maximum absolute atomic E-state index is 13.2. The van der Waals surface area contributed by atoms with Gasteiger partial charge in [-0.3, -0.25) is 4.79 Å². The minimum atomic E-state index is -1.04. The van der Waals surface area contributed by atoms with Gasteiger partial charge in [-0.15, -0.1) is 10.2 Å². The van der Waals surface area contributed by atoms with E-state index in [-0.39, 0.29) is 5.69 Å². The third-order valence-electron chi connectivity index (χ3n) is 3.44. The summed E-state index contributed by atoms with van der Waals surface area (Å²) in [5, 5.41) is 14.5. The van der Waals surface area contributed by atoms with E-state index in [0.29, 0.717) is 5.82 Å². The maximum Gasteiger partial charge on any atom is 0.250 e. The Hall–Kier alpha value is -2.68. The van der Waals surface area contributed by atoms with Crippen LogP contribution in [0.5, 0.6) is 0 Å². The van der Waals surface area contributed by atoms with Gasteiger partial charge >= 0.3 is 0 Å². The predicted octanol–water partition coefficient (Wildman–Crippen LogP) is 3.58. The lowest BCUT2D eigenvalue weighted by molar-refractivity contribution is -0.119. The lowest BCUT2D eigenvalue weighted by Crippen LogP contribution is -2.25. The number of amides is 1. The quantitative estimate of drug-likeness (QED) is 0.717. The Morgan fingerprint density at radius 1 is 1.16 bits per heavy atom. The molecule has 2 aromatic carbocycles. The summed E-state index contributed by atoms with van der Waals surface area (Å²) in [4.78, 5) is 13.4. The second-order valence-corrected chi connectivity index (χ2v) is 6.15. The molecule has 0 aliphatic carbocycles. The second kappa shape index (κ2) is 7.06. The van der Waals surface area contributed by atoms with Gasteiger partial charge in [0.1, 0.15) is 6.04 Å². The zero-order valence-corrected chi connectivity index (χ0v) is 14.5. The Morgan fingerprint density at radius 2 is 1.88 bits per heavy atom. The molecule has 25 heavy (non-hydrogen) atoms. The molecule has 6 nitrogen and oxygen atoms in total. The van der Waals surface area contributed by atoms with E-state index in [1.165, 1.54) is 6.07 Å². The minimum Gasteiger partial charge on any atom is -0.324 e. The Bertz CT molecular complexity index is 913. The Labute approximate surface area is 150 Å². The normalized spacial score (nSPS) is 12.0. The van der Waals surface area contributed by atoms with Gasteiger partial charge in [-0.2, -0.15) is 4.80 Å². The SMILES string of the molecule is CC(C(=O)Nc1ccc(F)c(F)c1)n1nnc(-c2ccc(Br)cc2)n1. The van der Waals surface area contributed by atoms with E-state index >= 15 is 0 Å². The number of hydrogen-bond acceptors (Lipinski definition) is 4. The van der Waals surface area contributed by atoms with Crippen LogP contribution in [0, 0.1) is 11.6 Å². The number of rotatable bonds is 4. The van der Waals surface area contributed by atoms with Crippen LogP contribution in [0.1, 0.15) is 13.0 Å². The number of benzene rings is 2. The molecule has 0 saturated heterocycles. The highest BCUT2D eigenvalue weighted by Crippen LogP contribution is 2.19. The number of nitrogens with one attached hydrogen (secondary N) is 1. The monoisotopic (exact) mass is 407 g/mol. The van der Waals surface area contributed by atoms with Gasteiger partial charge in [-0.05, 0) is 48.5 Å². The summed E-state index contributed by atoms with van der Waals surface area (Å²) < 4.78 is 27.0. The van der Waals surface area contributed by atoms with Crippen LogP contribution in [0.15, 0.2) is 46.9 Å². The average molecular weight is 408 g/mol. The van der Waals surface area contributed by atoms with E-state index in [1.807, 2.05) is 24.3 Å². The third kappa shape index (κ3) is 3.87. The van der Waals surface area contributed by atoms with Crippen molar-refractivity contribution >= 4 is 27.5 Å². The summed E-state index contributed by atoms with van der Waals surface area (Å²) in [6, 6.07) is 9.64. The molecule has 1 N–H and O–H groups in total. The van der Waals surface area contributed by atoms with Crippen LogP contribution in [0.25, 0.3) is 11.4 Å². The van der Waals surface area contributed by atoms with Gasteiger partial charge < -0.3 is 5.32 Å². The van der Waals surface area contributed by atoms with Gasteiger partial charge in [0, 0.05) is 21.8 Å². The summed E-state index contributed by atoms with van der Waals surface area (Å²) in [5.74, 6) is -2.13. The molecular weight excluding hydrogens is 396 g/mol. The summed E-state index contributed by atoms with van der Waals surface area (Å²) >= 11 is 3.34. The molecule has 3 aromatic rings. The largest absolute Gasteiger partial charge is 0.324 e. The fraction of sp³-hybridized carbons (Fsp3) is 0.125. The van der Waals surface area contributed by atoms with Crippen molar-refractivity contribution in [3.63, 3.8) is 0 Å². The highest BCUT2D eigenvalue weighted by Gasteiger charge is 2.19. The van der Waals surface area contributed by atoms with Gasteiger partial charge in [0.25, 0.3) is 5.91 Å². The first-order chi connectivity index (χ1) is 11.9. The molecule has 0 spiro atoms. The smallest absolute Gasteiger partial charge is 0.250 e. The van der Waals surface area contributed by atoms with Crippen molar-refractivity contribution in [2.24, 2.45) is 0 Å². The highest BCUT2D eigenvalue weighted by molar-refractivity contribution is 9.10. The van der Waals surface area contributed by atoms with Crippen molar-refractivity contribution in [3.8, 4) is 11.4 Å². The molecule has 0 aliphatic heterocycles. The molecule has 128 valence electrons. The van der Waals surface area contributed by atoms with Crippen molar-refractivity contribution < 1.29 is 13.6 Å². The van der Waals surface area contributed by atoms with Crippen molar-refractivity contribution in [1.29, 1.82) is 0 Å². The molecule has 1 heterocycles. The first-order valence-electron chi connectivity index (χ1n) is 7.25. The number of carbonyl (C=O) groups is 1. The molecule has 1 aromatic heterocycles. The fourth-order valence-corrected chi connectivity index (χ4v) is 2.29. The minimum absolute atomic E-state index is 0.143. The van der Waals surface area contributed by atoms with Gasteiger partial charge in [0.2, 0.25) is 5.82 Å². The molecule has 1 atom stereocenters. The van der Waals surface area contributed by atoms with Crippen molar-refractivity contribution in [3.05, 3.63) is 58.6 Å². The fourth-order valence-electron chi connectivity index (χ4n) is 2.03. The van der Waals surface area contributed by atoms with Gasteiger partial charge in [0.05, 0.1) is 0 Å². The van der Waals surface area contributed by atoms with Crippen molar-refractivity contribution in [2.45, 2.75) is 13.0 Å². The number of carbonyl (C=O) groups excluding carboxylic acids is 1. The Morgan fingerprint density at radius 3 is 2.56 bits per heavy atom. The van der Waals surface area contributed by atoms with Crippen LogP contribution in [0.2, 0.25) is 0 Å². The van der Waals surface area contributed by atoms with Gasteiger partial charge in [0.15, 0.2) is 11.6 Å². The van der Waals surface area contributed by atoms with E-state index < -0.39 is 23.6 Å². The maximum atomic E-state index is 13.2. The van der Waals surface area contributed by atoms with Crippen LogP contribution in [-0.2, 0) is 4.79 Å². The molecule has 1 unspecified atom stereocenters. The molecule has 3 rings (SSSR count). The van der Waals surface area contributed by atoms with E-state index in [1.54, 1.807) is 6.92 Å². The Balaban J connectivity index is 1.74. The van der Waals surface area contributed by atoms with Crippen LogP contribution in [-0.4, -0.2) is 26.1 Å². The molecular formula is C16H12BrF2N5O. The summed E-state index contributed by atoms with van der Waals surface area (Å²) in [6.45, 7) is 1.57. The lowest BCUT2D eigenvalue weighted by Gasteiger charge is -2.10. The average Bonchev–Trinajstić information content (AvgIpc) is 3.08. The number of aromatic nitrogens is 4. The lowest BCUT2D eigenvalue weighted by atomic mass is 10.2. The molecule has 1 amide bonds. The Kier molecular flexibility index (Phi) is 4.84. The second-order valence-electron chi connectivity index (χ2n) is 5.23. The molecule has 9 heteroatoms. The van der Waals surface area contributed by atoms with E-state index in [2.05, 4.69) is 36.7 Å². The van der Waals surface area contributed by atoms with Gasteiger partial charge in [-0.1, -0.05) is 15.9 Å². The topological polar surface area (TPSA) is 72.7 Å². The van der Waals surface area contributed by atoms with E-state index in [4.69, 9.17) is 0 Å². The molecule has 0 bridgehead atoms. The van der Waals surface area contributed by atoms with E-state index in [9.17, 15) is 13.6 Å². The summed E-state index contributed by atoms with van der Waals surface area (Å²) in [6.07, 6.45) is 0. The number of hydrogen-bond donors (Lipinski definition) is 1. The standard InChI is InChI=1S/C16H12BrF2N5O/c1-9(16(25)20-12-6-7-13(18)14(19)8-12)24-22-15(21-23-24)10-2-4-11(17)5-3-10/h2-9H,1H3,(H,20,25). The molecule has 0 radical (unpaired) electrons. The van der Waals surface area contributed by atoms with Crippen LogP contribution in [0.4, 0.5) is 14.5 Å². The summed E-state index contributed by atoms with van der Waals surface area (Å²) in [7, 11) is 0. The first-order valence-corrected chi connectivity index (χ1v) is 8.04. The highest BCUT2D eigenvalue weighted by atomic mass is 79.9. The zero-order valence-electron chi connectivity index (χ0n) is 12.9. The number of nitrogens with zero attached hydrogens (tertiary/aromatic N) is 4. The zero-order chi connectivity index (χ0) is 18.0. The number of halogens is 3. The summed E-state index contributed by atoms with van der Waals surface area (Å²) in [5.41, 5.74) is 0.895. The van der Waals surface area contributed by atoms with Crippen LogP contribution in [0.3, 0.4) is 0 Å². The molecule has 0 saturated carbocycles. The van der Waals surface area contributed by atoms with Crippen LogP contribution < -0.4 is 5.32 Å². The molecule has 0 aliphatic rings. The molecule has 0 fully saturated rings.